The van der Waals surface area contributed by atoms with E-state index in [4.69, 9.17) is 10.5 Å². The summed E-state index contributed by atoms with van der Waals surface area (Å²) < 4.78 is 7.60. The lowest BCUT2D eigenvalue weighted by Gasteiger charge is -2.27. The number of nitrogens with zero attached hydrogens (tertiary/aromatic N) is 2. The highest BCUT2D eigenvalue weighted by Crippen LogP contribution is 2.29. The van der Waals surface area contributed by atoms with E-state index in [0.29, 0.717) is 25.1 Å². The molecule has 0 aliphatic heterocycles. The van der Waals surface area contributed by atoms with Crippen molar-refractivity contribution in [2.24, 2.45) is 11.7 Å². The van der Waals surface area contributed by atoms with Crippen molar-refractivity contribution in [1.29, 1.82) is 0 Å². The van der Waals surface area contributed by atoms with Crippen LogP contribution in [0.2, 0.25) is 0 Å². The first-order valence-corrected chi connectivity index (χ1v) is 9.30. The van der Waals surface area contributed by atoms with Gasteiger partial charge >= 0.3 is 0 Å². The molecule has 1 heterocycles. The minimum atomic E-state index is -0.753. The predicted octanol–water partition coefficient (Wildman–Crippen LogP) is 3.39. The predicted molar refractivity (Wildman–Crippen MR) is 97.6 cm³/mol. The van der Waals surface area contributed by atoms with Crippen molar-refractivity contribution >= 4 is 0 Å². The molecule has 3 N–H and O–H groups in total. The quantitative estimate of drug-likeness (QED) is 0.770. The van der Waals surface area contributed by atoms with Gasteiger partial charge in [0.15, 0.2) is 0 Å². The van der Waals surface area contributed by atoms with E-state index in [2.05, 4.69) is 4.98 Å². The second kappa shape index (κ2) is 9.13. The van der Waals surface area contributed by atoms with Crippen LogP contribution >= 0.6 is 0 Å². The van der Waals surface area contributed by atoms with Crippen molar-refractivity contribution in [2.75, 3.05) is 0 Å². The number of imidazole rings is 1. The lowest BCUT2D eigenvalue weighted by Crippen LogP contribution is -2.33. The Kier molecular flexibility index (Phi) is 6.62. The van der Waals surface area contributed by atoms with Crippen LogP contribution in [0.5, 0.6) is 0 Å². The van der Waals surface area contributed by atoms with Crippen molar-refractivity contribution < 1.29 is 9.84 Å². The van der Waals surface area contributed by atoms with Gasteiger partial charge in [-0.2, -0.15) is 0 Å². The molecule has 0 spiro atoms. The lowest BCUT2D eigenvalue weighted by atomic mass is 9.84. The van der Waals surface area contributed by atoms with Gasteiger partial charge < -0.3 is 20.1 Å². The number of aliphatic hydroxyl groups excluding tert-OH is 1. The average molecular weight is 343 g/mol. The molecule has 1 aliphatic rings. The maximum absolute atomic E-state index is 10.6. The Morgan fingerprint density at radius 1 is 1.20 bits per heavy atom. The molecule has 5 nitrogen and oxygen atoms in total. The zero-order valence-electron chi connectivity index (χ0n) is 14.8. The maximum Gasteiger partial charge on any atom is 0.141 e. The molecule has 2 aromatic rings. The third kappa shape index (κ3) is 5.14. The first kappa shape index (κ1) is 18.1. The highest BCUT2D eigenvalue weighted by molar-refractivity contribution is 5.13. The fraction of sp³-hybridized carbons (Fsp3) is 0.550. The van der Waals surface area contributed by atoms with E-state index in [1.807, 2.05) is 41.1 Å². The van der Waals surface area contributed by atoms with Crippen LogP contribution in [0.4, 0.5) is 0 Å². The first-order valence-electron chi connectivity index (χ1n) is 9.30. The van der Waals surface area contributed by atoms with Crippen LogP contribution in [0, 0.1) is 5.92 Å². The number of aliphatic hydroxyl groups is 1. The van der Waals surface area contributed by atoms with E-state index in [1.54, 1.807) is 6.20 Å². The van der Waals surface area contributed by atoms with Gasteiger partial charge in [0.2, 0.25) is 0 Å². The van der Waals surface area contributed by atoms with E-state index in [1.165, 1.54) is 32.1 Å². The topological polar surface area (TPSA) is 73.3 Å². The van der Waals surface area contributed by atoms with Crippen molar-refractivity contribution in [3.8, 4) is 0 Å². The molecular weight excluding hydrogens is 314 g/mol. The molecule has 1 saturated carbocycles. The van der Waals surface area contributed by atoms with Gasteiger partial charge in [-0.15, -0.1) is 0 Å². The largest absolute Gasteiger partial charge is 0.384 e. The molecule has 3 rings (SSSR count). The molecular formula is C20H29N3O2. The summed E-state index contributed by atoms with van der Waals surface area (Å²) >= 11 is 0. The minimum absolute atomic E-state index is 0.279. The second-order valence-electron chi connectivity index (χ2n) is 7.07. The normalized spacial score (nSPS) is 18.2. The second-order valence-corrected chi connectivity index (χ2v) is 7.07. The van der Waals surface area contributed by atoms with E-state index < -0.39 is 6.10 Å². The number of benzene rings is 1. The Bertz CT molecular complexity index is 623. The van der Waals surface area contributed by atoms with Crippen molar-refractivity contribution in [3.05, 3.63) is 54.1 Å². The maximum atomic E-state index is 10.6. The van der Waals surface area contributed by atoms with E-state index >= 15 is 0 Å². The van der Waals surface area contributed by atoms with Crippen LogP contribution in [0.15, 0.2) is 42.7 Å². The average Bonchev–Trinajstić information content (AvgIpc) is 3.11. The van der Waals surface area contributed by atoms with Crippen LogP contribution in [0.1, 0.15) is 56.0 Å². The minimum Gasteiger partial charge on any atom is -0.384 e. The number of hydrogen-bond acceptors (Lipinski definition) is 4. The summed E-state index contributed by atoms with van der Waals surface area (Å²) in [5.41, 5.74) is 7.41. The van der Waals surface area contributed by atoms with Crippen LogP contribution in [0.3, 0.4) is 0 Å². The van der Waals surface area contributed by atoms with Crippen LogP contribution in [-0.4, -0.2) is 20.7 Å². The molecule has 0 amide bonds. The molecule has 0 radical (unpaired) electrons. The van der Waals surface area contributed by atoms with Gasteiger partial charge in [0.25, 0.3) is 0 Å². The third-order valence-electron chi connectivity index (χ3n) is 5.09. The zero-order chi connectivity index (χ0) is 17.5. The number of ether oxygens (including phenoxy) is 1. The summed E-state index contributed by atoms with van der Waals surface area (Å²) in [6.45, 7) is 0.889. The number of nitrogens with two attached hydrogens (primary N) is 1. The molecule has 0 saturated heterocycles. The number of aromatic nitrogens is 2. The number of hydrogen-bond donors (Lipinski definition) is 2. The molecule has 5 heteroatoms. The van der Waals surface area contributed by atoms with Gasteiger partial charge in [0.1, 0.15) is 18.7 Å². The number of rotatable bonds is 8. The Labute approximate surface area is 149 Å². The Hall–Kier alpha value is -1.69. The lowest BCUT2D eigenvalue weighted by molar-refractivity contribution is 0.0501. The summed E-state index contributed by atoms with van der Waals surface area (Å²) in [6, 6.07) is 9.76. The van der Waals surface area contributed by atoms with Gasteiger partial charge in [-0.05, 0) is 17.9 Å². The molecule has 1 aromatic carbocycles. The summed E-state index contributed by atoms with van der Waals surface area (Å²) in [5, 5.41) is 10.6. The summed E-state index contributed by atoms with van der Waals surface area (Å²) in [7, 11) is 0. The highest BCUT2D eigenvalue weighted by Gasteiger charge is 2.25. The Balaban J connectivity index is 1.52. The molecule has 2 atom stereocenters. The van der Waals surface area contributed by atoms with Gasteiger partial charge in [-0.3, -0.25) is 0 Å². The van der Waals surface area contributed by atoms with Gasteiger partial charge in [-0.25, -0.2) is 4.98 Å². The summed E-state index contributed by atoms with van der Waals surface area (Å²) in [6.07, 6.45) is 10.00. The van der Waals surface area contributed by atoms with E-state index in [0.717, 1.165) is 12.0 Å². The molecule has 1 fully saturated rings. The third-order valence-corrected chi connectivity index (χ3v) is 5.09. The van der Waals surface area contributed by atoms with E-state index in [-0.39, 0.29) is 6.04 Å². The van der Waals surface area contributed by atoms with Crippen molar-refractivity contribution in [3.63, 3.8) is 0 Å². The van der Waals surface area contributed by atoms with Crippen molar-refractivity contribution in [2.45, 2.75) is 64.0 Å². The monoisotopic (exact) mass is 343 g/mol. The molecule has 0 bridgehead atoms. The van der Waals surface area contributed by atoms with Crippen LogP contribution in [0.25, 0.3) is 0 Å². The standard InChI is InChI=1S/C20H29N3O2/c21-18(13-16-7-3-1-4-8-16)19(24)20-22-11-12-23(20)15-25-14-17-9-5-2-6-10-17/h2,5-6,9-12,16,18-19,24H,1,3-4,7-8,13-15,21H2/t18-,19+/m0/s1. The SMILES string of the molecule is N[C@@H](CC1CCCCC1)[C@@H](O)c1nccn1COCc1ccccc1. The molecule has 1 aromatic heterocycles. The Morgan fingerprint density at radius 3 is 2.72 bits per heavy atom. The molecule has 25 heavy (non-hydrogen) atoms. The fourth-order valence-corrected chi connectivity index (χ4v) is 3.66. The van der Waals surface area contributed by atoms with Gasteiger partial charge in [0, 0.05) is 18.4 Å². The van der Waals surface area contributed by atoms with Gasteiger partial charge in [0.05, 0.1) is 6.61 Å². The van der Waals surface area contributed by atoms with Crippen molar-refractivity contribution in [1.82, 2.24) is 9.55 Å². The van der Waals surface area contributed by atoms with E-state index in [9.17, 15) is 5.11 Å². The first-order chi connectivity index (χ1) is 12.2. The van der Waals surface area contributed by atoms with Crippen LogP contribution in [-0.2, 0) is 18.1 Å². The van der Waals surface area contributed by atoms with Crippen LogP contribution < -0.4 is 5.73 Å². The fourth-order valence-electron chi connectivity index (χ4n) is 3.66. The molecule has 0 unspecified atom stereocenters. The van der Waals surface area contributed by atoms with Gasteiger partial charge in [-0.1, -0.05) is 62.4 Å². The smallest absolute Gasteiger partial charge is 0.141 e. The summed E-state index contributed by atoms with van der Waals surface area (Å²) in [4.78, 5) is 4.31. The summed E-state index contributed by atoms with van der Waals surface area (Å²) in [5.74, 6) is 1.23. The highest BCUT2D eigenvalue weighted by atomic mass is 16.5. The zero-order valence-corrected chi connectivity index (χ0v) is 14.8. The molecule has 136 valence electrons. The molecule has 1 aliphatic carbocycles. The Morgan fingerprint density at radius 2 is 1.96 bits per heavy atom.